The highest BCUT2D eigenvalue weighted by Gasteiger charge is 2.70. The lowest BCUT2D eigenvalue weighted by Crippen LogP contribution is -2.51. The molecule has 0 heterocycles. The lowest BCUT2D eigenvalue weighted by molar-refractivity contribution is -0.122. The number of sulfonamides is 1. The average molecular weight is 348 g/mol. The summed E-state index contributed by atoms with van der Waals surface area (Å²) >= 11 is 0. The molecule has 1 aromatic rings. The molecule has 130 valence electrons. The van der Waals surface area contributed by atoms with Crippen molar-refractivity contribution in [3.63, 3.8) is 0 Å². The molecule has 5 nitrogen and oxygen atoms in total. The van der Waals surface area contributed by atoms with E-state index < -0.39 is 26.2 Å². The van der Waals surface area contributed by atoms with Crippen LogP contribution in [0.4, 0.5) is 0 Å². The zero-order valence-electron chi connectivity index (χ0n) is 13.8. The van der Waals surface area contributed by atoms with Crippen molar-refractivity contribution in [1.82, 2.24) is 4.72 Å². The molecule has 0 aromatic heterocycles. The molecule has 3 N–H and O–H groups in total. The summed E-state index contributed by atoms with van der Waals surface area (Å²) < 4.78 is 27.1. The van der Waals surface area contributed by atoms with E-state index in [1.54, 1.807) is 0 Å². The van der Waals surface area contributed by atoms with Gasteiger partial charge in [-0.2, -0.15) is 0 Å². The van der Waals surface area contributed by atoms with E-state index in [1.165, 1.54) is 0 Å². The molecule has 3 aliphatic rings. The maximum atomic E-state index is 12.8. The number of amides is 1. The number of nitrogens with two attached hydrogens (primary N) is 1. The van der Waals surface area contributed by atoms with Crippen LogP contribution in [0.1, 0.15) is 50.5 Å². The number of benzene rings is 1. The van der Waals surface area contributed by atoms with Gasteiger partial charge in [-0.1, -0.05) is 43.2 Å². The van der Waals surface area contributed by atoms with Crippen LogP contribution in [-0.2, 0) is 21.2 Å². The quantitative estimate of drug-likeness (QED) is 0.850. The minimum absolute atomic E-state index is 0.150. The van der Waals surface area contributed by atoms with Crippen molar-refractivity contribution in [3.05, 3.63) is 35.9 Å². The standard InChI is InChI=1S/C18H24N2O3S/c19-18(13-16(18)8-4-5-9-16)15(21)20-24(22,23)17(10-11-17)12-14-6-2-1-3-7-14/h1-3,6-7H,4-5,8-13,19H2,(H,20,21). The summed E-state index contributed by atoms with van der Waals surface area (Å²) in [4.78, 5) is 12.6. The molecule has 6 heteroatoms. The van der Waals surface area contributed by atoms with E-state index >= 15 is 0 Å². The van der Waals surface area contributed by atoms with Crippen LogP contribution < -0.4 is 10.5 Å². The van der Waals surface area contributed by atoms with Gasteiger partial charge in [0, 0.05) is 0 Å². The lowest BCUT2D eigenvalue weighted by Gasteiger charge is -2.21. The molecule has 4 rings (SSSR count). The van der Waals surface area contributed by atoms with E-state index in [0.717, 1.165) is 31.2 Å². The first-order chi connectivity index (χ1) is 11.3. The fourth-order valence-corrected chi connectivity index (χ4v) is 6.09. The Labute approximate surface area is 143 Å². The van der Waals surface area contributed by atoms with Gasteiger partial charge in [0.05, 0.1) is 4.75 Å². The van der Waals surface area contributed by atoms with Crippen LogP contribution in [0.25, 0.3) is 0 Å². The van der Waals surface area contributed by atoms with Gasteiger partial charge in [0.15, 0.2) is 0 Å². The minimum Gasteiger partial charge on any atom is -0.317 e. The first-order valence-corrected chi connectivity index (χ1v) is 10.2. The molecule has 3 fully saturated rings. The monoisotopic (exact) mass is 348 g/mol. The minimum atomic E-state index is -3.72. The van der Waals surface area contributed by atoms with Gasteiger partial charge in [0.1, 0.15) is 5.54 Å². The summed E-state index contributed by atoms with van der Waals surface area (Å²) in [6, 6.07) is 9.57. The van der Waals surface area contributed by atoms with E-state index in [0.29, 0.717) is 25.7 Å². The number of rotatable bonds is 5. The van der Waals surface area contributed by atoms with Crippen LogP contribution in [0, 0.1) is 5.41 Å². The normalized spacial score (nSPS) is 29.4. The van der Waals surface area contributed by atoms with E-state index in [2.05, 4.69) is 4.72 Å². The fourth-order valence-electron chi connectivity index (χ4n) is 4.45. The van der Waals surface area contributed by atoms with Crippen LogP contribution in [0.15, 0.2) is 30.3 Å². The molecular weight excluding hydrogens is 324 g/mol. The highest BCUT2D eigenvalue weighted by Crippen LogP contribution is 2.64. The molecule has 0 saturated heterocycles. The van der Waals surface area contributed by atoms with Gasteiger partial charge >= 0.3 is 0 Å². The van der Waals surface area contributed by atoms with E-state index in [9.17, 15) is 13.2 Å². The molecule has 1 amide bonds. The second-order valence-electron chi connectivity index (χ2n) is 7.92. The Balaban J connectivity index is 1.49. The molecule has 1 aromatic carbocycles. The van der Waals surface area contributed by atoms with Crippen LogP contribution in [0.3, 0.4) is 0 Å². The summed E-state index contributed by atoms with van der Waals surface area (Å²) in [7, 11) is -3.72. The molecule has 0 radical (unpaired) electrons. The zero-order valence-corrected chi connectivity index (χ0v) is 14.6. The lowest BCUT2D eigenvalue weighted by atomic mass is 9.98. The van der Waals surface area contributed by atoms with Crippen LogP contribution in [0.2, 0.25) is 0 Å². The number of hydrogen-bond acceptors (Lipinski definition) is 4. The third-order valence-electron chi connectivity index (χ3n) is 6.38. The van der Waals surface area contributed by atoms with Gasteiger partial charge in [-0.25, -0.2) is 8.42 Å². The van der Waals surface area contributed by atoms with Crippen molar-refractivity contribution in [3.8, 4) is 0 Å². The molecule has 3 aliphatic carbocycles. The van der Waals surface area contributed by atoms with Crippen molar-refractivity contribution in [2.24, 2.45) is 11.1 Å². The predicted molar refractivity (Wildman–Crippen MR) is 91.6 cm³/mol. The van der Waals surface area contributed by atoms with Gasteiger partial charge < -0.3 is 5.73 Å². The fraction of sp³-hybridized carbons (Fsp3) is 0.611. The maximum absolute atomic E-state index is 12.8. The molecule has 3 saturated carbocycles. The van der Waals surface area contributed by atoms with Crippen LogP contribution in [0.5, 0.6) is 0 Å². The summed E-state index contributed by atoms with van der Waals surface area (Å²) in [5, 5.41) is 0. The Morgan fingerprint density at radius 1 is 1.08 bits per heavy atom. The van der Waals surface area contributed by atoms with Gasteiger partial charge in [-0.3, -0.25) is 9.52 Å². The van der Waals surface area contributed by atoms with Crippen molar-refractivity contribution in [2.75, 3.05) is 0 Å². The molecular formula is C18H24N2O3S. The van der Waals surface area contributed by atoms with Crippen molar-refractivity contribution in [1.29, 1.82) is 0 Å². The Kier molecular flexibility index (Phi) is 3.39. The summed E-state index contributed by atoms with van der Waals surface area (Å²) in [6.07, 6.45) is 6.28. The zero-order chi connectivity index (χ0) is 17.1. The number of carbonyl (C=O) groups is 1. The second-order valence-corrected chi connectivity index (χ2v) is 9.99. The van der Waals surface area contributed by atoms with Crippen molar-refractivity contribution >= 4 is 15.9 Å². The SMILES string of the molecule is NC1(C(=O)NS(=O)(=O)C2(Cc3ccccc3)CC2)CC12CCCC2. The highest BCUT2D eigenvalue weighted by atomic mass is 32.2. The molecule has 0 aliphatic heterocycles. The average Bonchev–Trinajstić information content (AvgIpc) is 3.36. The smallest absolute Gasteiger partial charge is 0.254 e. The molecule has 1 spiro atoms. The topological polar surface area (TPSA) is 89.3 Å². The Bertz CT molecular complexity index is 765. The van der Waals surface area contributed by atoms with Crippen LogP contribution in [-0.4, -0.2) is 24.6 Å². The van der Waals surface area contributed by atoms with E-state index in [-0.39, 0.29) is 5.41 Å². The summed E-state index contributed by atoms with van der Waals surface area (Å²) in [6.45, 7) is 0. The Hall–Kier alpha value is -1.40. The highest BCUT2D eigenvalue weighted by molar-refractivity contribution is 7.91. The van der Waals surface area contributed by atoms with E-state index in [1.807, 2.05) is 30.3 Å². The molecule has 1 atom stereocenters. The number of hydrogen-bond donors (Lipinski definition) is 2. The summed E-state index contributed by atoms with van der Waals surface area (Å²) in [5.41, 5.74) is 6.12. The second kappa shape index (κ2) is 5.05. The van der Waals surface area contributed by atoms with Gasteiger partial charge in [0.2, 0.25) is 10.0 Å². The number of nitrogens with one attached hydrogen (secondary N) is 1. The third kappa shape index (κ3) is 2.30. The maximum Gasteiger partial charge on any atom is 0.254 e. The summed E-state index contributed by atoms with van der Waals surface area (Å²) in [5.74, 6) is -0.497. The van der Waals surface area contributed by atoms with Gasteiger partial charge in [0.25, 0.3) is 5.91 Å². The predicted octanol–water partition coefficient (Wildman–Crippen LogP) is 1.87. The molecule has 0 bridgehead atoms. The van der Waals surface area contributed by atoms with Crippen molar-refractivity contribution < 1.29 is 13.2 Å². The largest absolute Gasteiger partial charge is 0.317 e. The Morgan fingerprint density at radius 2 is 1.71 bits per heavy atom. The van der Waals surface area contributed by atoms with Crippen molar-refractivity contribution in [2.45, 2.75) is 61.7 Å². The Morgan fingerprint density at radius 3 is 2.29 bits per heavy atom. The first kappa shape index (κ1) is 16.1. The first-order valence-electron chi connectivity index (χ1n) is 8.72. The van der Waals surface area contributed by atoms with Gasteiger partial charge in [-0.05, 0) is 49.5 Å². The van der Waals surface area contributed by atoms with Gasteiger partial charge in [-0.15, -0.1) is 0 Å². The molecule has 24 heavy (non-hydrogen) atoms. The van der Waals surface area contributed by atoms with E-state index in [4.69, 9.17) is 5.73 Å². The third-order valence-corrected chi connectivity index (χ3v) is 8.53. The van der Waals surface area contributed by atoms with Crippen LogP contribution >= 0.6 is 0 Å². The number of carbonyl (C=O) groups excluding carboxylic acids is 1. The molecule has 1 unspecified atom stereocenters.